The minimum Gasteiger partial charge on any atom is -0.491 e. The Labute approximate surface area is 261 Å². The zero-order chi connectivity index (χ0) is 31.4. The van der Waals surface area contributed by atoms with Gasteiger partial charge in [-0.2, -0.15) is 4.98 Å². The number of anilines is 1. The monoisotopic (exact) mass is 614 g/mol. The summed E-state index contributed by atoms with van der Waals surface area (Å²) in [7, 11) is -3.98. The van der Waals surface area contributed by atoms with E-state index in [0.29, 0.717) is 37.2 Å². The Bertz CT molecular complexity index is 1700. The van der Waals surface area contributed by atoms with Crippen molar-refractivity contribution >= 4 is 16.0 Å². The van der Waals surface area contributed by atoms with Gasteiger partial charge < -0.3 is 9.47 Å². The topological polar surface area (TPSA) is 93.7 Å². The average molecular weight is 615 g/mol. The molecule has 2 heterocycles. The van der Waals surface area contributed by atoms with Gasteiger partial charge in [0.15, 0.2) is 0 Å². The van der Waals surface area contributed by atoms with E-state index >= 15 is 0 Å². The molecule has 44 heavy (non-hydrogen) atoms. The molecule has 0 aliphatic carbocycles. The first kappa shape index (κ1) is 31.5. The number of benzene rings is 3. The molecule has 1 aromatic heterocycles. The average Bonchev–Trinajstić information content (AvgIpc) is 2.95. The number of para-hydroxylation sites is 1. The van der Waals surface area contributed by atoms with E-state index in [2.05, 4.69) is 39.5 Å². The Morgan fingerprint density at radius 3 is 2.41 bits per heavy atom. The molecule has 0 unspecified atom stereocenters. The molecule has 0 amide bonds. The summed E-state index contributed by atoms with van der Waals surface area (Å²) in [6, 6.07) is 23.0. The van der Waals surface area contributed by atoms with Gasteiger partial charge in [-0.1, -0.05) is 62.4 Å². The van der Waals surface area contributed by atoms with Gasteiger partial charge in [0, 0.05) is 36.3 Å². The summed E-state index contributed by atoms with van der Waals surface area (Å²) in [4.78, 5) is 11.7. The molecule has 4 aromatic rings. The maximum atomic E-state index is 13.6. The molecule has 232 valence electrons. The van der Waals surface area contributed by atoms with Gasteiger partial charge in [-0.3, -0.25) is 4.90 Å². The molecule has 3 aromatic carbocycles. The maximum Gasteiger partial charge on any atom is 0.264 e. The van der Waals surface area contributed by atoms with E-state index in [1.165, 1.54) is 0 Å². The third-order valence-electron chi connectivity index (χ3n) is 7.65. The number of hydrogen-bond acceptors (Lipinski definition) is 7. The normalized spacial score (nSPS) is 16.8. The lowest BCUT2D eigenvalue weighted by molar-refractivity contribution is 0.100. The highest BCUT2D eigenvalue weighted by Gasteiger charge is 2.26. The van der Waals surface area contributed by atoms with Crippen LogP contribution < -0.4 is 14.2 Å². The van der Waals surface area contributed by atoms with E-state index in [1.807, 2.05) is 70.2 Å². The molecular formula is C35H42N4O4S. The lowest BCUT2D eigenvalue weighted by Gasteiger charge is -2.33. The van der Waals surface area contributed by atoms with Gasteiger partial charge in [-0.25, -0.2) is 18.1 Å². The quantitative estimate of drug-likeness (QED) is 0.236. The Kier molecular flexibility index (Phi) is 9.56. The van der Waals surface area contributed by atoms with Gasteiger partial charge >= 0.3 is 0 Å². The SMILES string of the molecule is Cc1cccc(C)c1-c1cc2nc(n1)NS(=O)(=O)c1cccc(c1)CN(Cc1ccccc1OC(C)C)[C@H](CC(C)C)CO2. The van der Waals surface area contributed by atoms with Crippen molar-refractivity contribution in [1.82, 2.24) is 14.9 Å². The number of aromatic nitrogens is 2. The molecule has 8 nitrogen and oxygen atoms in total. The van der Waals surface area contributed by atoms with Crippen LogP contribution in [0.3, 0.4) is 0 Å². The fourth-order valence-corrected chi connectivity index (χ4v) is 6.71. The van der Waals surface area contributed by atoms with Crippen LogP contribution in [0.25, 0.3) is 11.3 Å². The standard InChI is InChI=1S/C35H42N4O4S/c1-23(2)17-29-22-42-33-19-31(34-25(5)11-9-12-26(34)6)36-35(37-33)38-44(40,41)30-15-10-13-27(18-30)20-39(29)21-28-14-7-8-16-32(28)43-24(3)4/h7-16,18-19,23-24,29H,17,20-22H2,1-6H3,(H,36,37,38)/t29-/m1/s1. The first-order chi connectivity index (χ1) is 21.0. The van der Waals surface area contributed by atoms with E-state index in [9.17, 15) is 8.42 Å². The van der Waals surface area contributed by atoms with Crippen molar-refractivity contribution in [2.45, 2.75) is 78.1 Å². The number of hydrogen-bond donors (Lipinski definition) is 1. The maximum absolute atomic E-state index is 13.6. The van der Waals surface area contributed by atoms with Gasteiger partial charge in [0.2, 0.25) is 11.8 Å². The summed E-state index contributed by atoms with van der Waals surface area (Å²) >= 11 is 0. The molecule has 0 saturated heterocycles. The number of ether oxygens (including phenoxy) is 2. The highest BCUT2D eigenvalue weighted by molar-refractivity contribution is 7.92. The van der Waals surface area contributed by atoms with Crippen LogP contribution in [-0.4, -0.2) is 42.0 Å². The molecule has 1 aliphatic rings. The van der Waals surface area contributed by atoms with Gasteiger partial charge in [-0.05, 0) is 74.9 Å². The van der Waals surface area contributed by atoms with Crippen molar-refractivity contribution in [3.8, 4) is 22.9 Å². The second kappa shape index (κ2) is 13.4. The second-order valence-electron chi connectivity index (χ2n) is 12.2. The predicted molar refractivity (Wildman–Crippen MR) is 174 cm³/mol. The first-order valence-corrected chi connectivity index (χ1v) is 16.7. The largest absolute Gasteiger partial charge is 0.491 e. The molecule has 1 atom stereocenters. The summed E-state index contributed by atoms with van der Waals surface area (Å²) < 4.78 is 42.5. The number of nitrogens with one attached hydrogen (secondary N) is 1. The highest BCUT2D eigenvalue weighted by atomic mass is 32.2. The summed E-state index contributed by atoms with van der Waals surface area (Å²) in [6.45, 7) is 14.0. The van der Waals surface area contributed by atoms with Gasteiger partial charge in [0.1, 0.15) is 12.4 Å². The second-order valence-corrected chi connectivity index (χ2v) is 13.9. The van der Waals surface area contributed by atoms with E-state index in [0.717, 1.165) is 40.0 Å². The molecule has 1 N–H and O–H groups in total. The molecular weight excluding hydrogens is 572 g/mol. The molecule has 1 aliphatic heterocycles. The van der Waals surface area contributed by atoms with Crippen LogP contribution in [0.4, 0.5) is 5.95 Å². The fourth-order valence-electron chi connectivity index (χ4n) is 5.70. The molecule has 9 heteroatoms. The van der Waals surface area contributed by atoms with Crippen molar-refractivity contribution in [2.75, 3.05) is 11.3 Å². The van der Waals surface area contributed by atoms with Crippen molar-refractivity contribution in [2.24, 2.45) is 5.92 Å². The molecule has 0 fully saturated rings. The van der Waals surface area contributed by atoms with Crippen molar-refractivity contribution in [3.05, 3.63) is 95.1 Å². The Morgan fingerprint density at radius 2 is 1.68 bits per heavy atom. The Balaban J connectivity index is 1.62. The lowest BCUT2D eigenvalue weighted by atomic mass is 10.00. The summed E-state index contributed by atoms with van der Waals surface area (Å²) in [6.07, 6.45) is 0.902. The van der Waals surface area contributed by atoms with Crippen LogP contribution in [0.5, 0.6) is 11.6 Å². The fraction of sp³-hybridized carbons (Fsp3) is 0.371. The third kappa shape index (κ3) is 7.57. The zero-order valence-electron chi connectivity index (χ0n) is 26.4. The number of aryl methyl sites for hydroxylation is 2. The molecule has 4 bridgehead atoms. The highest BCUT2D eigenvalue weighted by Crippen LogP contribution is 2.31. The summed E-state index contributed by atoms with van der Waals surface area (Å²) in [5, 5.41) is 0. The van der Waals surface area contributed by atoms with Gasteiger partial charge in [0.25, 0.3) is 10.0 Å². The minimum absolute atomic E-state index is 0.00172. The van der Waals surface area contributed by atoms with Crippen LogP contribution in [0.15, 0.2) is 77.7 Å². The Hall–Kier alpha value is -3.95. The Morgan fingerprint density at radius 1 is 0.955 bits per heavy atom. The predicted octanol–water partition coefficient (Wildman–Crippen LogP) is 7.16. The molecule has 0 radical (unpaired) electrons. The number of fused-ring (bicyclic) bond motifs is 4. The third-order valence-corrected chi connectivity index (χ3v) is 8.98. The van der Waals surface area contributed by atoms with Gasteiger partial charge in [-0.15, -0.1) is 0 Å². The molecule has 0 spiro atoms. The molecule has 5 rings (SSSR count). The lowest BCUT2D eigenvalue weighted by Crippen LogP contribution is -2.40. The summed E-state index contributed by atoms with van der Waals surface area (Å²) in [5.74, 6) is 1.53. The molecule has 0 saturated carbocycles. The van der Waals surface area contributed by atoms with Crippen molar-refractivity contribution in [1.29, 1.82) is 0 Å². The van der Waals surface area contributed by atoms with E-state index in [-0.39, 0.29) is 23.0 Å². The van der Waals surface area contributed by atoms with E-state index < -0.39 is 10.0 Å². The van der Waals surface area contributed by atoms with E-state index in [4.69, 9.17) is 9.47 Å². The smallest absolute Gasteiger partial charge is 0.264 e. The number of sulfonamides is 1. The van der Waals surface area contributed by atoms with Crippen LogP contribution in [0.2, 0.25) is 0 Å². The minimum atomic E-state index is -3.98. The first-order valence-electron chi connectivity index (χ1n) is 15.2. The van der Waals surface area contributed by atoms with Crippen LogP contribution in [0, 0.1) is 19.8 Å². The van der Waals surface area contributed by atoms with Crippen LogP contribution in [0.1, 0.15) is 56.4 Å². The summed E-state index contributed by atoms with van der Waals surface area (Å²) in [5.41, 5.74) is 5.52. The van der Waals surface area contributed by atoms with Gasteiger partial charge in [0.05, 0.1) is 16.7 Å². The van der Waals surface area contributed by atoms with Crippen LogP contribution in [-0.2, 0) is 23.1 Å². The van der Waals surface area contributed by atoms with E-state index in [1.54, 1.807) is 24.3 Å². The number of rotatable bonds is 7. The number of nitrogens with zero attached hydrogens (tertiary/aromatic N) is 3. The van der Waals surface area contributed by atoms with Crippen LogP contribution >= 0.6 is 0 Å². The zero-order valence-corrected chi connectivity index (χ0v) is 27.2. The van der Waals surface area contributed by atoms with Crippen molar-refractivity contribution < 1.29 is 17.9 Å². The van der Waals surface area contributed by atoms with Crippen molar-refractivity contribution in [3.63, 3.8) is 0 Å².